The van der Waals surface area contributed by atoms with Crippen molar-refractivity contribution in [1.82, 2.24) is 0 Å². The molecule has 0 heterocycles. The van der Waals surface area contributed by atoms with Crippen LogP contribution >= 0.6 is 0 Å². The Labute approximate surface area is 105 Å². The van der Waals surface area contributed by atoms with E-state index in [1.165, 1.54) is 0 Å². The molecule has 0 saturated heterocycles. The normalized spacial score (nSPS) is 4.60. The smallest absolute Gasteiger partial charge is 1.00 e. The summed E-state index contributed by atoms with van der Waals surface area (Å²) in [5, 5.41) is 35.8. The Morgan fingerprint density at radius 1 is 1.40 bits per heavy atom. The molecular formula is CH6BNNa2O5. The van der Waals surface area contributed by atoms with Gasteiger partial charge in [-0.25, -0.2) is 4.81 Å². The zero-order valence-electron chi connectivity index (χ0n) is 7.72. The minimum atomic E-state index is -2.06. The van der Waals surface area contributed by atoms with E-state index in [-0.39, 0.29) is 62.0 Å². The fraction of sp³-hybridized carbons (Fsp3) is 0. The second-order valence-corrected chi connectivity index (χ2v) is 0.532. The van der Waals surface area contributed by atoms with Crippen LogP contribution in [0.3, 0.4) is 0 Å². The zero-order valence-corrected chi connectivity index (χ0v) is 9.72. The molecule has 0 bridgehead atoms. The first-order chi connectivity index (χ1) is 3.68. The van der Waals surface area contributed by atoms with Gasteiger partial charge in [0.2, 0.25) is 0 Å². The average Bonchev–Trinajstić information content (AvgIpc) is 1.69. The van der Waals surface area contributed by atoms with Crippen molar-refractivity contribution in [2.45, 2.75) is 0 Å². The van der Waals surface area contributed by atoms with Crippen LogP contribution in [0.15, 0.2) is 0 Å². The molecule has 6 nitrogen and oxygen atoms in total. The predicted octanol–water partition coefficient (Wildman–Crippen LogP) is -7.48. The van der Waals surface area contributed by atoms with Crippen LogP contribution < -0.4 is 59.1 Å². The van der Waals surface area contributed by atoms with E-state index in [9.17, 15) is 0 Å². The van der Waals surface area contributed by atoms with E-state index in [4.69, 9.17) is 25.7 Å². The first-order valence-electron chi connectivity index (χ1n) is 1.38. The van der Waals surface area contributed by atoms with E-state index < -0.39 is 7.32 Å². The minimum absolute atomic E-state index is 0. The summed E-state index contributed by atoms with van der Waals surface area (Å²) in [4.78, 5) is 2.86. The van der Waals surface area contributed by atoms with Gasteiger partial charge < -0.3 is 18.0 Å². The molecule has 0 amide bonds. The summed E-state index contributed by atoms with van der Waals surface area (Å²) in [5.74, 6) is 0. The van der Waals surface area contributed by atoms with Crippen molar-refractivity contribution in [3.05, 3.63) is 0 Å². The molecule has 50 valence electrons. The van der Waals surface area contributed by atoms with Gasteiger partial charge in [0.15, 0.2) is 0 Å². The number of hydrogen-bond acceptors (Lipinski definition) is 6. The molecule has 0 unspecified atom stereocenters. The third-order valence-corrected chi connectivity index (χ3v) is 0.0943. The maximum atomic E-state index is 7.44. The molecule has 0 aromatic carbocycles. The van der Waals surface area contributed by atoms with Gasteiger partial charge in [0.25, 0.3) is 6.26 Å². The van der Waals surface area contributed by atoms with Crippen LogP contribution in [0, 0.1) is 11.5 Å². The molecule has 0 fully saturated rings. The molecule has 9 heteroatoms. The molecule has 0 spiro atoms. The molecule has 0 radical (unpaired) electrons. The summed E-state index contributed by atoms with van der Waals surface area (Å²) in [6.45, 7) is 0. The molecule has 0 rings (SSSR count). The van der Waals surface area contributed by atoms with E-state index in [1.54, 1.807) is 0 Å². The number of aliphatic hydroxyl groups excluding tert-OH is 1. The molecule has 0 atom stereocenters. The maximum absolute atomic E-state index is 7.44. The number of nitrogens with zero attached hydrogens (tertiary/aromatic N) is 1. The summed E-state index contributed by atoms with van der Waals surface area (Å²) < 4.78 is 0. The standard InChI is InChI=1S/CHNO.BH3O4.2Na.2H/c2-1-3;2-1(3)5-4;;;;/h3H;2-4H;;;;/q;;2*+1;2*-1. The van der Waals surface area contributed by atoms with Gasteiger partial charge in [-0.15, -0.1) is 0 Å². The van der Waals surface area contributed by atoms with Crippen molar-refractivity contribution in [2.24, 2.45) is 0 Å². The van der Waals surface area contributed by atoms with Gasteiger partial charge in [-0.1, -0.05) is 0 Å². The van der Waals surface area contributed by atoms with E-state index in [1.807, 2.05) is 0 Å². The van der Waals surface area contributed by atoms with E-state index >= 15 is 0 Å². The second-order valence-electron chi connectivity index (χ2n) is 0.532. The number of hydrogen-bond donors (Lipinski definition) is 4. The topological polar surface area (TPSA) is 114 Å². The Morgan fingerprint density at radius 2 is 1.50 bits per heavy atom. The summed E-state index contributed by atoms with van der Waals surface area (Å²) in [7, 11) is -2.06. The average molecular weight is 169 g/mol. The van der Waals surface area contributed by atoms with Crippen LogP contribution in [-0.2, 0) is 4.81 Å². The van der Waals surface area contributed by atoms with Crippen molar-refractivity contribution < 1.29 is 87.2 Å². The molecule has 0 aliphatic carbocycles. The molecule has 0 aliphatic heterocycles. The monoisotopic (exact) mass is 169 g/mol. The summed E-state index contributed by atoms with van der Waals surface area (Å²) >= 11 is 0. The molecule has 10 heavy (non-hydrogen) atoms. The number of nitriles is 1. The number of rotatable bonds is 1. The summed E-state index contributed by atoms with van der Waals surface area (Å²) in [6.07, 6.45) is 0.750. The van der Waals surface area contributed by atoms with Gasteiger partial charge >= 0.3 is 66.4 Å². The fourth-order valence-corrected chi connectivity index (χ4v) is 0. The van der Waals surface area contributed by atoms with Gasteiger partial charge in [0.1, 0.15) is 0 Å². The first kappa shape index (κ1) is 22.5. The second kappa shape index (κ2) is 22.5. The Hall–Kier alpha value is 1.19. The molecule has 0 saturated carbocycles. The van der Waals surface area contributed by atoms with Crippen LogP contribution in [0.1, 0.15) is 2.85 Å². The molecule has 0 aromatic rings. The van der Waals surface area contributed by atoms with Crippen LogP contribution in [0.4, 0.5) is 0 Å². The van der Waals surface area contributed by atoms with Crippen LogP contribution in [-0.4, -0.2) is 27.7 Å². The Bertz CT molecular complexity index is 82.3. The Balaban J connectivity index is -0.0000000119. The van der Waals surface area contributed by atoms with Crippen molar-refractivity contribution in [1.29, 1.82) is 5.26 Å². The van der Waals surface area contributed by atoms with Crippen molar-refractivity contribution in [2.75, 3.05) is 0 Å². The molecular weight excluding hydrogens is 163 g/mol. The predicted molar refractivity (Wildman–Crippen MR) is 23.7 cm³/mol. The van der Waals surface area contributed by atoms with E-state index in [0.717, 1.165) is 6.26 Å². The van der Waals surface area contributed by atoms with E-state index in [2.05, 4.69) is 4.81 Å². The summed E-state index contributed by atoms with van der Waals surface area (Å²) in [5.41, 5.74) is 0. The van der Waals surface area contributed by atoms with Gasteiger partial charge in [-0.2, -0.15) is 5.26 Å². The minimum Gasteiger partial charge on any atom is -1.00 e. The third kappa shape index (κ3) is 60.5. The maximum Gasteiger partial charge on any atom is 1.00 e. The molecule has 4 N–H and O–H groups in total. The van der Waals surface area contributed by atoms with Crippen molar-refractivity contribution in [3.8, 4) is 6.26 Å². The third-order valence-electron chi connectivity index (χ3n) is 0.0943. The van der Waals surface area contributed by atoms with Crippen LogP contribution in [0.25, 0.3) is 0 Å². The largest absolute Gasteiger partial charge is 1.00 e. The molecule has 0 aliphatic rings. The quantitative estimate of drug-likeness (QED) is 0.134. The summed E-state index contributed by atoms with van der Waals surface area (Å²) in [6, 6.07) is 0. The molecule has 0 aromatic heterocycles. The first-order valence-corrected chi connectivity index (χ1v) is 1.38. The zero-order chi connectivity index (χ0) is 6.99. The van der Waals surface area contributed by atoms with Crippen molar-refractivity contribution in [3.63, 3.8) is 0 Å². The van der Waals surface area contributed by atoms with Crippen LogP contribution in [0.2, 0.25) is 0 Å². The van der Waals surface area contributed by atoms with Crippen LogP contribution in [0.5, 0.6) is 0 Å². The number of aliphatic hydroxyl groups is 1. The SMILES string of the molecule is N#CO.OOB(O)O.[H-].[H-].[Na+].[Na+]. The Morgan fingerprint density at radius 3 is 1.50 bits per heavy atom. The van der Waals surface area contributed by atoms with Crippen molar-refractivity contribution >= 4 is 7.32 Å². The van der Waals surface area contributed by atoms with Gasteiger partial charge in [-0.3, -0.25) is 5.26 Å². The van der Waals surface area contributed by atoms with Gasteiger partial charge in [-0.05, 0) is 0 Å². The van der Waals surface area contributed by atoms with E-state index in [0.29, 0.717) is 0 Å². The van der Waals surface area contributed by atoms with Gasteiger partial charge in [0, 0.05) is 0 Å². The van der Waals surface area contributed by atoms with Gasteiger partial charge in [0.05, 0.1) is 0 Å². The fourth-order valence-electron chi connectivity index (χ4n) is 0. The Kier molecular flexibility index (Phi) is 50.5.